The number of benzene rings is 1. The smallest absolute Gasteiger partial charge is 0.418 e. The SMILES string of the molecule is Cn1c(Nc2ccc3cc(OCC(O/N=C(\C(=O)N[C@@H]4C(=O)N(OS(=O)(=O)O)C4(C)C)c4csc(N)n4)C(=O)O)ccc3n2)cc[n+]1CCCN. The van der Waals surface area contributed by atoms with Crippen molar-refractivity contribution in [3.05, 3.63) is 53.7 Å². The molecule has 4 aromatic rings. The van der Waals surface area contributed by atoms with Gasteiger partial charge in [0.15, 0.2) is 29.4 Å². The molecular weight excluding hydrogens is 713 g/mol. The second-order valence-corrected chi connectivity index (χ2v) is 13.5. The zero-order valence-corrected chi connectivity index (χ0v) is 29.0. The number of hydroxylamine groups is 2. The molecule has 1 aliphatic rings. The molecule has 0 spiro atoms. The summed E-state index contributed by atoms with van der Waals surface area (Å²) < 4.78 is 45.2. The van der Waals surface area contributed by atoms with Crippen molar-refractivity contribution in [1.29, 1.82) is 0 Å². The molecule has 0 aliphatic carbocycles. The highest BCUT2D eigenvalue weighted by Gasteiger charge is 2.58. The van der Waals surface area contributed by atoms with Crippen LogP contribution in [0, 0.1) is 0 Å². The average molecular weight is 748 g/mol. The third-order valence-electron chi connectivity index (χ3n) is 7.70. The Morgan fingerprint density at radius 1 is 1.22 bits per heavy atom. The van der Waals surface area contributed by atoms with Crippen LogP contribution in [0.5, 0.6) is 5.75 Å². The molecule has 0 saturated carbocycles. The summed E-state index contributed by atoms with van der Waals surface area (Å²) in [6.07, 6.45) is 1.09. The molecule has 2 amide bonds. The Hall–Kier alpha value is -5.42. The molecule has 1 aliphatic heterocycles. The van der Waals surface area contributed by atoms with Gasteiger partial charge in [0.05, 0.1) is 24.2 Å². The molecule has 22 heteroatoms. The molecule has 1 unspecified atom stereocenters. The van der Waals surface area contributed by atoms with Crippen LogP contribution in [0.25, 0.3) is 10.9 Å². The van der Waals surface area contributed by atoms with Gasteiger partial charge in [-0.25, -0.2) is 14.8 Å². The predicted octanol–water partition coefficient (Wildman–Crippen LogP) is 0.0848. The maximum Gasteiger partial charge on any atom is 0.418 e. The Balaban J connectivity index is 1.26. The first-order valence-electron chi connectivity index (χ1n) is 15.1. The zero-order valence-electron chi connectivity index (χ0n) is 27.4. The van der Waals surface area contributed by atoms with Crippen LogP contribution < -0.4 is 31.5 Å². The number of oxime groups is 1. The van der Waals surface area contributed by atoms with Gasteiger partial charge in [-0.15, -0.1) is 25.0 Å². The number of hydrogen-bond acceptors (Lipinski definition) is 15. The van der Waals surface area contributed by atoms with Gasteiger partial charge in [0, 0.05) is 17.2 Å². The standard InChI is InChI=1S/C29H34N10O10S2/c1-29(2)24(26(41)39(29)49-51(44,45)46)35-25(40)23(19-15-50-28(31)33-19)36-48-20(27(42)43)14-47-17-6-7-18-16(13-17)5-8-21(32-18)34-22-9-12-38(37(22)3)11-4-10-30/h5-9,12-13,15,20,24H,4,10-11,14,30H2,1-3H3,(H5,31,33,35,40,42,43,44,45,46)/p+1/b36-23-/t20?,24-/m1/s1. The van der Waals surface area contributed by atoms with Crippen LogP contribution >= 0.6 is 11.3 Å². The van der Waals surface area contributed by atoms with E-state index >= 15 is 0 Å². The van der Waals surface area contributed by atoms with E-state index in [9.17, 15) is 27.9 Å². The third kappa shape index (κ3) is 8.49. The summed E-state index contributed by atoms with van der Waals surface area (Å²) in [6.45, 7) is 3.56. The van der Waals surface area contributed by atoms with Crippen LogP contribution in [-0.4, -0.2) is 92.1 Å². The molecule has 1 aromatic carbocycles. The van der Waals surface area contributed by atoms with Crippen molar-refractivity contribution in [3.8, 4) is 5.75 Å². The summed E-state index contributed by atoms with van der Waals surface area (Å²) in [7, 11) is -3.10. The molecule has 0 bridgehead atoms. The van der Waals surface area contributed by atoms with E-state index in [0.29, 0.717) is 34.1 Å². The Labute approximate surface area is 294 Å². The highest BCUT2D eigenvalue weighted by atomic mass is 32.3. The maximum atomic E-state index is 13.3. The number of carboxylic acids is 1. The number of carbonyl (C=O) groups excluding carboxylic acids is 2. The van der Waals surface area contributed by atoms with Crippen LogP contribution in [-0.2, 0) is 47.5 Å². The van der Waals surface area contributed by atoms with Gasteiger partial charge in [0.25, 0.3) is 17.9 Å². The molecule has 5 rings (SSSR count). The summed E-state index contributed by atoms with van der Waals surface area (Å²) in [5, 5.41) is 21.7. The number of carbonyl (C=O) groups is 3. The van der Waals surface area contributed by atoms with E-state index < -0.39 is 58.2 Å². The number of β-lactam (4-membered cyclic amide) rings is 1. The van der Waals surface area contributed by atoms with Gasteiger partial charge < -0.3 is 36.8 Å². The largest absolute Gasteiger partial charge is 0.489 e. The minimum Gasteiger partial charge on any atom is -0.489 e. The highest BCUT2D eigenvalue weighted by Crippen LogP contribution is 2.33. The van der Waals surface area contributed by atoms with Crippen molar-refractivity contribution in [2.45, 2.75) is 44.5 Å². The minimum absolute atomic E-state index is 0.0523. The van der Waals surface area contributed by atoms with Crippen molar-refractivity contribution >= 4 is 72.9 Å². The average Bonchev–Trinajstić information content (AvgIpc) is 3.66. The van der Waals surface area contributed by atoms with E-state index in [1.807, 2.05) is 34.7 Å². The Morgan fingerprint density at radius 3 is 2.63 bits per heavy atom. The molecule has 1 saturated heterocycles. The number of aryl methyl sites for hydroxylation is 1. The third-order valence-corrected chi connectivity index (χ3v) is 8.71. The van der Waals surface area contributed by atoms with Crippen molar-refractivity contribution in [1.82, 2.24) is 25.0 Å². The predicted molar refractivity (Wildman–Crippen MR) is 181 cm³/mol. The summed E-state index contributed by atoms with van der Waals surface area (Å²) >= 11 is 0.955. The lowest BCUT2D eigenvalue weighted by Crippen LogP contribution is -2.76. The number of rotatable bonds is 16. The zero-order chi connectivity index (χ0) is 37.1. The number of aromatic nitrogens is 4. The van der Waals surface area contributed by atoms with Crippen LogP contribution in [0.15, 0.2) is 53.1 Å². The lowest BCUT2D eigenvalue weighted by Gasteiger charge is -2.50. The number of pyridine rings is 1. The molecule has 51 heavy (non-hydrogen) atoms. The monoisotopic (exact) mass is 747 g/mol. The van der Waals surface area contributed by atoms with Crippen LogP contribution in [0.3, 0.4) is 0 Å². The Kier molecular flexibility index (Phi) is 10.7. The highest BCUT2D eigenvalue weighted by molar-refractivity contribution is 7.80. The number of nitrogens with two attached hydrogens (primary N) is 2. The number of fused-ring (bicyclic) bond motifs is 1. The number of amides is 2. The fourth-order valence-corrected chi connectivity index (χ4v) is 5.95. The van der Waals surface area contributed by atoms with Gasteiger partial charge in [-0.05, 0) is 50.7 Å². The number of hydrogen-bond donors (Lipinski definition) is 6. The first-order chi connectivity index (χ1) is 24.1. The molecule has 0 radical (unpaired) electrons. The summed E-state index contributed by atoms with van der Waals surface area (Å²) in [6, 6.07) is 9.19. The summed E-state index contributed by atoms with van der Waals surface area (Å²) in [5.74, 6) is -1.75. The van der Waals surface area contributed by atoms with E-state index in [1.165, 1.54) is 19.2 Å². The fraction of sp³-hybridized carbons (Fsp3) is 0.345. The van der Waals surface area contributed by atoms with Crippen LogP contribution in [0.1, 0.15) is 26.0 Å². The van der Waals surface area contributed by atoms with Crippen LogP contribution in [0.4, 0.5) is 16.8 Å². The lowest BCUT2D eigenvalue weighted by molar-refractivity contribution is -0.772. The van der Waals surface area contributed by atoms with E-state index in [-0.39, 0.29) is 10.8 Å². The van der Waals surface area contributed by atoms with Crippen LogP contribution in [0.2, 0.25) is 0 Å². The Bertz CT molecular complexity index is 2100. The number of nitrogens with zero attached hydrogens (tertiary/aromatic N) is 6. The second kappa shape index (κ2) is 14.8. The summed E-state index contributed by atoms with van der Waals surface area (Å²) in [4.78, 5) is 51.7. The van der Waals surface area contributed by atoms with Gasteiger partial charge in [0.1, 0.15) is 29.9 Å². The number of carboxylic acid groups (broad SMARTS) is 1. The van der Waals surface area contributed by atoms with Gasteiger partial charge >= 0.3 is 16.4 Å². The maximum absolute atomic E-state index is 13.3. The second-order valence-electron chi connectivity index (χ2n) is 11.7. The van der Waals surface area contributed by atoms with E-state index in [4.69, 9.17) is 25.6 Å². The Morgan fingerprint density at radius 2 is 1.98 bits per heavy atom. The van der Waals surface area contributed by atoms with E-state index in [2.05, 4.69) is 30.0 Å². The number of ether oxygens (including phenoxy) is 1. The number of nitrogens with one attached hydrogen (secondary N) is 2. The van der Waals surface area contributed by atoms with Gasteiger partial charge in [-0.3, -0.25) is 14.1 Å². The molecule has 8 N–H and O–H groups in total. The number of nitrogen functional groups attached to an aromatic ring is 1. The molecule has 4 heterocycles. The van der Waals surface area contributed by atoms with Gasteiger partial charge in [-0.1, -0.05) is 5.16 Å². The lowest BCUT2D eigenvalue weighted by atomic mass is 9.84. The normalized spacial score (nSPS) is 16.4. The molecule has 2 atom stereocenters. The van der Waals surface area contributed by atoms with Crippen molar-refractivity contribution in [2.24, 2.45) is 17.9 Å². The molecular formula is C29H35N10O10S2+. The number of thiazole rings is 1. The molecule has 1 fully saturated rings. The molecule has 3 aromatic heterocycles. The van der Waals surface area contributed by atoms with E-state index in [0.717, 1.165) is 30.1 Å². The van der Waals surface area contributed by atoms with Crippen molar-refractivity contribution in [2.75, 3.05) is 24.2 Å². The topological polar surface area (TPSA) is 280 Å². The number of aliphatic carboxylic acids is 1. The van der Waals surface area contributed by atoms with Gasteiger partial charge in [-0.2, -0.15) is 13.5 Å². The first kappa shape index (κ1) is 36.9. The van der Waals surface area contributed by atoms with Crippen molar-refractivity contribution < 1.29 is 51.0 Å². The van der Waals surface area contributed by atoms with E-state index in [1.54, 1.807) is 24.3 Å². The fourth-order valence-electron chi connectivity index (χ4n) is 4.95. The quantitative estimate of drug-likeness (QED) is 0.0291. The van der Waals surface area contributed by atoms with Gasteiger partial charge in [0.2, 0.25) is 0 Å². The molecule has 20 nitrogen and oxygen atoms in total. The molecule has 272 valence electrons. The number of anilines is 3. The van der Waals surface area contributed by atoms with Crippen molar-refractivity contribution in [3.63, 3.8) is 0 Å². The summed E-state index contributed by atoms with van der Waals surface area (Å²) in [5.41, 5.74) is 9.92. The first-order valence-corrected chi connectivity index (χ1v) is 17.4. The minimum atomic E-state index is -5.03.